The number of fused-ring (bicyclic) bond motifs is 1. The van der Waals surface area contributed by atoms with Crippen molar-refractivity contribution < 1.29 is 14.6 Å². The van der Waals surface area contributed by atoms with Gasteiger partial charge in [-0.2, -0.15) is 0 Å². The number of hydrogen-bond donors (Lipinski definition) is 1. The van der Waals surface area contributed by atoms with Crippen molar-refractivity contribution in [3.8, 4) is 16.3 Å². The summed E-state index contributed by atoms with van der Waals surface area (Å²) in [6, 6.07) is 9.16. The summed E-state index contributed by atoms with van der Waals surface area (Å²) in [4.78, 5) is 19.1. The Bertz CT molecular complexity index is 755. The van der Waals surface area contributed by atoms with E-state index in [-0.39, 0.29) is 6.61 Å². The average molecular weight is 286 g/mol. The van der Waals surface area contributed by atoms with Crippen LogP contribution < -0.4 is 4.74 Å². The van der Waals surface area contributed by atoms with E-state index in [2.05, 4.69) is 9.97 Å². The quantitative estimate of drug-likeness (QED) is 0.798. The van der Waals surface area contributed by atoms with Crippen LogP contribution in [-0.2, 0) is 4.79 Å². The molecule has 3 rings (SSSR count). The van der Waals surface area contributed by atoms with Gasteiger partial charge in [-0.25, -0.2) is 9.78 Å². The third-order valence-electron chi connectivity index (χ3n) is 2.63. The van der Waals surface area contributed by atoms with E-state index in [1.165, 1.54) is 11.3 Å². The summed E-state index contributed by atoms with van der Waals surface area (Å²) in [5.74, 6) is -0.466. The molecule has 0 bridgehead atoms. The molecule has 0 unspecified atom stereocenters. The first-order valence-corrected chi connectivity index (χ1v) is 6.69. The van der Waals surface area contributed by atoms with Gasteiger partial charge in [-0.1, -0.05) is 0 Å². The zero-order valence-corrected chi connectivity index (χ0v) is 11.1. The van der Waals surface area contributed by atoms with Crippen LogP contribution in [0.4, 0.5) is 0 Å². The molecule has 1 aromatic carbocycles. The summed E-state index contributed by atoms with van der Waals surface area (Å²) in [6.45, 7) is -0.347. The zero-order valence-electron chi connectivity index (χ0n) is 10.3. The number of rotatable bonds is 4. The van der Waals surface area contributed by atoms with Crippen molar-refractivity contribution in [1.29, 1.82) is 0 Å². The van der Waals surface area contributed by atoms with Crippen LogP contribution in [0.25, 0.3) is 20.8 Å². The van der Waals surface area contributed by atoms with E-state index in [1.54, 1.807) is 24.5 Å². The molecule has 6 heteroatoms. The van der Waals surface area contributed by atoms with Crippen LogP contribution in [0.3, 0.4) is 0 Å². The molecule has 0 amide bonds. The minimum absolute atomic E-state index is 0.347. The SMILES string of the molecule is O=C(O)COc1ccc2nc(-c3cccnc3)sc2c1. The first kappa shape index (κ1) is 12.6. The normalized spacial score (nSPS) is 10.6. The van der Waals surface area contributed by atoms with Crippen molar-refractivity contribution in [1.82, 2.24) is 9.97 Å². The van der Waals surface area contributed by atoms with Gasteiger partial charge in [-0.3, -0.25) is 4.98 Å². The van der Waals surface area contributed by atoms with E-state index < -0.39 is 5.97 Å². The molecule has 0 aliphatic heterocycles. The fraction of sp³-hybridized carbons (Fsp3) is 0.0714. The van der Waals surface area contributed by atoms with Crippen molar-refractivity contribution in [2.24, 2.45) is 0 Å². The van der Waals surface area contributed by atoms with Gasteiger partial charge in [0.25, 0.3) is 0 Å². The highest BCUT2D eigenvalue weighted by Gasteiger charge is 2.08. The van der Waals surface area contributed by atoms with Crippen molar-refractivity contribution in [2.75, 3.05) is 6.61 Å². The van der Waals surface area contributed by atoms with Crippen molar-refractivity contribution in [3.63, 3.8) is 0 Å². The Morgan fingerprint density at radius 2 is 2.25 bits per heavy atom. The zero-order chi connectivity index (χ0) is 13.9. The van der Waals surface area contributed by atoms with Crippen molar-refractivity contribution in [3.05, 3.63) is 42.7 Å². The topological polar surface area (TPSA) is 72.3 Å². The molecule has 0 aliphatic carbocycles. The molecule has 2 aromatic heterocycles. The van der Waals surface area contributed by atoms with Gasteiger partial charge in [0.1, 0.15) is 10.8 Å². The Kier molecular flexibility index (Phi) is 3.30. The van der Waals surface area contributed by atoms with Crippen molar-refractivity contribution in [2.45, 2.75) is 0 Å². The number of carboxylic acids is 1. The summed E-state index contributed by atoms with van der Waals surface area (Å²) in [5.41, 5.74) is 1.82. The Balaban J connectivity index is 1.93. The molecule has 2 heterocycles. The third kappa shape index (κ3) is 2.60. The lowest BCUT2D eigenvalue weighted by Crippen LogP contribution is -2.09. The molecule has 0 atom stereocenters. The summed E-state index contributed by atoms with van der Waals surface area (Å²) < 4.78 is 6.11. The Morgan fingerprint density at radius 3 is 3.00 bits per heavy atom. The summed E-state index contributed by atoms with van der Waals surface area (Å²) in [6.07, 6.45) is 3.48. The number of thiazole rings is 1. The third-order valence-corrected chi connectivity index (χ3v) is 3.70. The number of aliphatic carboxylic acids is 1. The van der Waals surface area contributed by atoms with Gasteiger partial charge < -0.3 is 9.84 Å². The number of aromatic nitrogens is 2. The Morgan fingerprint density at radius 1 is 1.35 bits per heavy atom. The molecule has 0 radical (unpaired) electrons. The van der Waals surface area contributed by atoms with Crippen LogP contribution in [0.2, 0.25) is 0 Å². The van der Waals surface area contributed by atoms with E-state index in [9.17, 15) is 4.79 Å². The maximum Gasteiger partial charge on any atom is 0.341 e. The number of ether oxygens (including phenoxy) is 1. The minimum Gasteiger partial charge on any atom is -0.482 e. The van der Waals surface area contributed by atoms with Gasteiger partial charge in [0.05, 0.1) is 10.2 Å². The summed E-state index contributed by atoms with van der Waals surface area (Å²) in [5, 5.41) is 9.48. The van der Waals surface area contributed by atoms with E-state index in [4.69, 9.17) is 9.84 Å². The first-order chi connectivity index (χ1) is 9.72. The molecule has 0 spiro atoms. The molecule has 20 heavy (non-hydrogen) atoms. The predicted octanol–water partition coefficient (Wildman–Crippen LogP) is 2.82. The van der Waals surface area contributed by atoms with Gasteiger partial charge in [0, 0.05) is 18.0 Å². The number of carboxylic acid groups (broad SMARTS) is 1. The molecule has 0 saturated heterocycles. The molecule has 0 fully saturated rings. The fourth-order valence-corrected chi connectivity index (χ4v) is 2.74. The molecule has 100 valence electrons. The van der Waals surface area contributed by atoms with Gasteiger partial charge >= 0.3 is 5.97 Å². The van der Waals surface area contributed by atoms with Gasteiger partial charge in [-0.15, -0.1) is 11.3 Å². The van der Waals surface area contributed by atoms with Gasteiger partial charge in [0.2, 0.25) is 0 Å². The highest BCUT2D eigenvalue weighted by Crippen LogP contribution is 2.31. The monoisotopic (exact) mass is 286 g/mol. The molecule has 3 aromatic rings. The lowest BCUT2D eigenvalue weighted by atomic mass is 10.3. The van der Waals surface area contributed by atoms with Crippen LogP contribution >= 0.6 is 11.3 Å². The average Bonchev–Trinajstić information content (AvgIpc) is 2.89. The van der Waals surface area contributed by atoms with Crippen LogP contribution in [0.1, 0.15) is 0 Å². The van der Waals surface area contributed by atoms with E-state index >= 15 is 0 Å². The number of carbonyl (C=O) groups is 1. The minimum atomic E-state index is -0.995. The molecule has 5 nitrogen and oxygen atoms in total. The van der Waals surface area contributed by atoms with Gasteiger partial charge in [-0.05, 0) is 30.3 Å². The highest BCUT2D eigenvalue weighted by atomic mass is 32.1. The fourth-order valence-electron chi connectivity index (χ4n) is 1.75. The largest absolute Gasteiger partial charge is 0.482 e. The number of nitrogens with zero attached hydrogens (tertiary/aromatic N) is 2. The van der Waals surface area contributed by atoms with E-state index in [0.717, 1.165) is 20.8 Å². The maximum absolute atomic E-state index is 10.5. The Hall–Kier alpha value is -2.47. The molecule has 1 N–H and O–H groups in total. The standard InChI is InChI=1S/C14H10N2O3S/c17-13(18)8-19-10-3-4-11-12(6-10)20-14(16-11)9-2-1-5-15-7-9/h1-7H,8H2,(H,17,18). The number of pyridine rings is 1. The number of hydrogen-bond acceptors (Lipinski definition) is 5. The lowest BCUT2D eigenvalue weighted by Gasteiger charge is -2.01. The molecule has 0 aliphatic rings. The maximum atomic E-state index is 10.5. The molecule has 0 saturated carbocycles. The van der Waals surface area contributed by atoms with Crippen LogP contribution in [0.5, 0.6) is 5.75 Å². The van der Waals surface area contributed by atoms with Gasteiger partial charge in [0.15, 0.2) is 6.61 Å². The van der Waals surface area contributed by atoms with Crippen LogP contribution in [0.15, 0.2) is 42.7 Å². The van der Waals surface area contributed by atoms with Crippen LogP contribution in [-0.4, -0.2) is 27.7 Å². The van der Waals surface area contributed by atoms with E-state index in [0.29, 0.717) is 5.75 Å². The van der Waals surface area contributed by atoms with Crippen molar-refractivity contribution >= 4 is 27.5 Å². The Labute approximate surface area is 118 Å². The second kappa shape index (κ2) is 5.26. The lowest BCUT2D eigenvalue weighted by molar-refractivity contribution is -0.139. The summed E-state index contributed by atoms with van der Waals surface area (Å²) in [7, 11) is 0. The molecular formula is C14H10N2O3S. The predicted molar refractivity (Wildman–Crippen MR) is 76.0 cm³/mol. The smallest absolute Gasteiger partial charge is 0.341 e. The summed E-state index contributed by atoms with van der Waals surface area (Å²) >= 11 is 1.52. The first-order valence-electron chi connectivity index (χ1n) is 5.88. The molecular weight excluding hydrogens is 276 g/mol. The second-order valence-electron chi connectivity index (χ2n) is 4.07. The highest BCUT2D eigenvalue weighted by molar-refractivity contribution is 7.21. The number of benzene rings is 1. The van der Waals surface area contributed by atoms with Crippen LogP contribution in [0, 0.1) is 0 Å². The second-order valence-corrected chi connectivity index (χ2v) is 5.10. The van der Waals surface area contributed by atoms with E-state index in [1.807, 2.05) is 18.2 Å².